The molecule has 74 valence electrons. The highest BCUT2D eigenvalue weighted by Gasteiger charge is 2.38. The van der Waals surface area contributed by atoms with Gasteiger partial charge in [0, 0.05) is 0 Å². The van der Waals surface area contributed by atoms with Crippen molar-refractivity contribution in [1.82, 2.24) is 0 Å². The van der Waals surface area contributed by atoms with E-state index in [1.54, 1.807) is 25.7 Å². The standard InChI is InChI=1S/C12H20O/c1(3-12-8-13-12)2-10-6-9-4-5-11(10)7-9/h9-12H,1-8H2. The molecule has 3 fully saturated rings. The van der Waals surface area contributed by atoms with Gasteiger partial charge in [0.15, 0.2) is 0 Å². The molecule has 0 radical (unpaired) electrons. The molecular weight excluding hydrogens is 160 g/mol. The van der Waals surface area contributed by atoms with Gasteiger partial charge in [0.05, 0.1) is 12.7 Å². The predicted octanol–water partition coefficient (Wildman–Crippen LogP) is 2.99. The molecule has 0 aromatic heterocycles. The molecule has 1 heterocycles. The maximum absolute atomic E-state index is 5.24. The van der Waals surface area contributed by atoms with Gasteiger partial charge in [-0.15, -0.1) is 0 Å². The average molecular weight is 180 g/mol. The summed E-state index contributed by atoms with van der Waals surface area (Å²) >= 11 is 0. The fraction of sp³-hybridized carbons (Fsp3) is 1.00. The van der Waals surface area contributed by atoms with Gasteiger partial charge in [-0.2, -0.15) is 0 Å². The minimum Gasteiger partial charge on any atom is -0.373 e. The molecule has 3 aliphatic rings. The number of epoxide rings is 1. The number of rotatable bonds is 4. The molecule has 2 saturated carbocycles. The molecule has 0 N–H and O–H groups in total. The Morgan fingerprint density at radius 2 is 2.00 bits per heavy atom. The summed E-state index contributed by atoms with van der Waals surface area (Å²) in [4.78, 5) is 0. The van der Waals surface area contributed by atoms with E-state index in [-0.39, 0.29) is 0 Å². The van der Waals surface area contributed by atoms with Gasteiger partial charge in [0.2, 0.25) is 0 Å². The Balaban J connectivity index is 1.40. The first-order chi connectivity index (χ1) is 6.42. The second-order valence-corrected chi connectivity index (χ2v) is 5.32. The molecular formula is C12H20O. The highest BCUT2D eigenvalue weighted by Crippen LogP contribution is 2.50. The van der Waals surface area contributed by atoms with Crippen LogP contribution in [0.15, 0.2) is 0 Å². The first-order valence-corrected chi connectivity index (χ1v) is 6.03. The van der Waals surface area contributed by atoms with Crippen LogP contribution in [-0.2, 0) is 4.74 Å². The molecule has 4 atom stereocenters. The van der Waals surface area contributed by atoms with Crippen LogP contribution in [0.1, 0.15) is 44.9 Å². The Hall–Kier alpha value is -0.0400. The molecule has 0 aromatic rings. The van der Waals surface area contributed by atoms with Crippen molar-refractivity contribution in [2.24, 2.45) is 17.8 Å². The molecule has 0 spiro atoms. The van der Waals surface area contributed by atoms with Crippen LogP contribution in [0.3, 0.4) is 0 Å². The summed E-state index contributed by atoms with van der Waals surface area (Å²) < 4.78 is 5.24. The van der Waals surface area contributed by atoms with E-state index < -0.39 is 0 Å². The van der Waals surface area contributed by atoms with Crippen molar-refractivity contribution in [1.29, 1.82) is 0 Å². The Morgan fingerprint density at radius 1 is 1.08 bits per heavy atom. The van der Waals surface area contributed by atoms with Crippen molar-refractivity contribution >= 4 is 0 Å². The van der Waals surface area contributed by atoms with Crippen LogP contribution in [0, 0.1) is 17.8 Å². The van der Waals surface area contributed by atoms with Gasteiger partial charge in [0.1, 0.15) is 0 Å². The van der Waals surface area contributed by atoms with Crippen molar-refractivity contribution in [3.8, 4) is 0 Å². The van der Waals surface area contributed by atoms with Crippen molar-refractivity contribution in [2.45, 2.75) is 51.0 Å². The highest BCUT2D eigenvalue weighted by atomic mass is 16.6. The molecule has 0 amide bonds. The maximum Gasteiger partial charge on any atom is 0.0810 e. The lowest BCUT2D eigenvalue weighted by molar-refractivity contribution is 0.297. The van der Waals surface area contributed by atoms with Crippen LogP contribution >= 0.6 is 0 Å². The minimum absolute atomic E-state index is 0.665. The van der Waals surface area contributed by atoms with Crippen LogP contribution in [0.4, 0.5) is 0 Å². The first-order valence-electron chi connectivity index (χ1n) is 6.03. The van der Waals surface area contributed by atoms with Crippen molar-refractivity contribution in [3.63, 3.8) is 0 Å². The summed E-state index contributed by atoms with van der Waals surface area (Å²) in [5, 5.41) is 0. The summed E-state index contributed by atoms with van der Waals surface area (Å²) in [6.07, 6.45) is 11.2. The second-order valence-electron chi connectivity index (χ2n) is 5.32. The van der Waals surface area contributed by atoms with E-state index >= 15 is 0 Å². The van der Waals surface area contributed by atoms with Gasteiger partial charge in [-0.3, -0.25) is 0 Å². The minimum atomic E-state index is 0.665. The van der Waals surface area contributed by atoms with Crippen molar-refractivity contribution in [2.75, 3.05) is 6.61 Å². The van der Waals surface area contributed by atoms with Crippen LogP contribution in [0.2, 0.25) is 0 Å². The molecule has 13 heavy (non-hydrogen) atoms. The summed E-state index contributed by atoms with van der Waals surface area (Å²) in [6.45, 7) is 1.05. The quantitative estimate of drug-likeness (QED) is 0.606. The number of fused-ring (bicyclic) bond motifs is 2. The van der Waals surface area contributed by atoms with Crippen molar-refractivity contribution in [3.05, 3.63) is 0 Å². The summed E-state index contributed by atoms with van der Waals surface area (Å²) in [5.74, 6) is 3.37. The first kappa shape index (κ1) is 8.28. The van der Waals surface area contributed by atoms with Gasteiger partial charge < -0.3 is 4.74 Å². The smallest absolute Gasteiger partial charge is 0.0810 e. The molecule has 3 rings (SSSR count). The largest absolute Gasteiger partial charge is 0.373 e. The maximum atomic E-state index is 5.24. The Labute approximate surface area is 80.8 Å². The number of ether oxygens (including phenoxy) is 1. The third-order valence-corrected chi connectivity index (χ3v) is 4.39. The zero-order valence-electron chi connectivity index (χ0n) is 8.37. The molecule has 1 saturated heterocycles. The lowest BCUT2D eigenvalue weighted by atomic mass is 9.85. The zero-order chi connectivity index (χ0) is 8.67. The molecule has 2 bridgehead atoms. The van der Waals surface area contributed by atoms with Gasteiger partial charge in [-0.05, 0) is 43.4 Å². The van der Waals surface area contributed by atoms with Crippen LogP contribution in [-0.4, -0.2) is 12.7 Å². The van der Waals surface area contributed by atoms with E-state index in [0.29, 0.717) is 6.10 Å². The number of hydrogen-bond acceptors (Lipinski definition) is 1. The summed E-state index contributed by atoms with van der Waals surface area (Å²) in [5.41, 5.74) is 0. The van der Waals surface area contributed by atoms with E-state index in [1.807, 2.05) is 0 Å². The second kappa shape index (κ2) is 3.27. The molecule has 1 nitrogen and oxygen atoms in total. The van der Waals surface area contributed by atoms with E-state index in [1.165, 1.54) is 19.3 Å². The molecule has 0 aromatic carbocycles. The van der Waals surface area contributed by atoms with Gasteiger partial charge >= 0.3 is 0 Å². The topological polar surface area (TPSA) is 12.5 Å². The van der Waals surface area contributed by atoms with E-state index in [4.69, 9.17) is 4.74 Å². The lowest BCUT2D eigenvalue weighted by Crippen LogP contribution is -2.10. The molecule has 1 aliphatic heterocycles. The Morgan fingerprint density at radius 3 is 2.62 bits per heavy atom. The van der Waals surface area contributed by atoms with Gasteiger partial charge in [-0.25, -0.2) is 0 Å². The van der Waals surface area contributed by atoms with Gasteiger partial charge in [0.25, 0.3) is 0 Å². The van der Waals surface area contributed by atoms with E-state index in [2.05, 4.69) is 0 Å². The normalized spacial score (nSPS) is 47.1. The van der Waals surface area contributed by atoms with Gasteiger partial charge in [-0.1, -0.05) is 19.3 Å². The molecule has 1 heteroatoms. The summed E-state index contributed by atoms with van der Waals surface area (Å²) in [6, 6.07) is 0. The SMILES string of the molecule is C(CC1CO1)CC1CC2CCC1C2. The molecule has 4 unspecified atom stereocenters. The Kier molecular flexibility index (Phi) is 2.08. The number of hydrogen-bond donors (Lipinski definition) is 0. The van der Waals surface area contributed by atoms with Crippen LogP contribution in [0.5, 0.6) is 0 Å². The van der Waals surface area contributed by atoms with E-state index in [9.17, 15) is 0 Å². The molecule has 2 aliphatic carbocycles. The monoisotopic (exact) mass is 180 g/mol. The fourth-order valence-electron chi connectivity index (χ4n) is 3.57. The van der Waals surface area contributed by atoms with Crippen LogP contribution in [0.25, 0.3) is 0 Å². The summed E-state index contributed by atoms with van der Waals surface area (Å²) in [7, 11) is 0. The fourth-order valence-corrected chi connectivity index (χ4v) is 3.57. The zero-order valence-corrected chi connectivity index (χ0v) is 8.37. The van der Waals surface area contributed by atoms with Crippen LogP contribution < -0.4 is 0 Å². The Bertz CT molecular complexity index is 186. The third-order valence-electron chi connectivity index (χ3n) is 4.39. The van der Waals surface area contributed by atoms with E-state index in [0.717, 1.165) is 24.4 Å². The average Bonchev–Trinajstić information content (AvgIpc) is 2.74. The van der Waals surface area contributed by atoms with Crippen molar-refractivity contribution < 1.29 is 4.74 Å². The third kappa shape index (κ3) is 1.76. The lowest BCUT2D eigenvalue weighted by Gasteiger charge is -2.21. The predicted molar refractivity (Wildman–Crippen MR) is 52.5 cm³/mol. The highest BCUT2D eigenvalue weighted by molar-refractivity contribution is 4.89.